The number of fused-ring (bicyclic) bond motifs is 3. The maximum Gasteiger partial charge on any atom is 0.164 e. The molecule has 0 atom stereocenters. The van der Waals surface area contributed by atoms with Crippen LogP contribution in [-0.4, -0.2) is 19.9 Å². The normalized spacial score (nSPS) is 11.3. The number of para-hydroxylation sites is 1. The lowest BCUT2D eigenvalue weighted by Gasteiger charge is -2.11. The molecule has 0 saturated carbocycles. The van der Waals surface area contributed by atoms with Crippen LogP contribution in [0.2, 0.25) is 0 Å². The van der Waals surface area contributed by atoms with E-state index in [9.17, 15) is 0 Å². The third-order valence-electron chi connectivity index (χ3n) is 11.2. The first kappa shape index (κ1) is 36.2. The van der Waals surface area contributed by atoms with Crippen LogP contribution >= 0.6 is 11.3 Å². The number of aromatic nitrogens is 4. The van der Waals surface area contributed by atoms with Crippen molar-refractivity contribution in [2.75, 3.05) is 0 Å². The number of thiophene rings is 1. The molecule has 0 amide bonds. The van der Waals surface area contributed by atoms with Gasteiger partial charge in [0.15, 0.2) is 17.5 Å². The van der Waals surface area contributed by atoms with Crippen molar-refractivity contribution in [1.29, 1.82) is 0 Å². The monoisotopic (exact) mass is 796 g/mol. The number of hydrogen-bond donors (Lipinski definition) is 0. The lowest BCUT2D eigenvalue weighted by Crippen LogP contribution is -2.00. The van der Waals surface area contributed by atoms with Gasteiger partial charge in [0.05, 0.1) is 15.9 Å². The van der Waals surface area contributed by atoms with Crippen molar-refractivity contribution in [2.24, 2.45) is 0 Å². The largest absolute Gasteiger partial charge is 0.246 e. The molecule has 61 heavy (non-hydrogen) atoms. The van der Waals surface area contributed by atoms with Gasteiger partial charge in [-0.15, -0.1) is 11.3 Å². The van der Waals surface area contributed by atoms with E-state index in [4.69, 9.17) is 19.9 Å². The maximum absolute atomic E-state index is 5.26. The average molecular weight is 797 g/mol. The topological polar surface area (TPSA) is 51.6 Å². The zero-order chi connectivity index (χ0) is 40.5. The van der Waals surface area contributed by atoms with E-state index in [0.717, 1.165) is 55.5 Å². The summed E-state index contributed by atoms with van der Waals surface area (Å²) in [5.74, 6) is 1.86. The minimum absolute atomic E-state index is 0.616. The van der Waals surface area contributed by atoms with Gasteiger partial charge in [-0.25, -0.2) is 19.9 Å². The summed E-state index contributed by atoms with van der Waals surface area (Å²) in [6.07, 6.45) is 0. The van der Waals surface area contributed by atoms with Crippen LogP contribution in [0.25, 0.3) is 110 Å². The summed E-state index contributed by atoms with van der Waals surface area (Å²) < 4.78 is 1.17. The van der Waals surface area contributed by atoms with Crippen LogP contribution in [0, 0.1) is 0 Å². The van der Waals surface area contributed by atoms with Crippen molar-refractivity contribution >= 4 is 32.3 Å². The van der Waals surface area contributed by atoms with Gasteiger partial charge in [0, 0.05) is 43.5 Å². The van der Waals surface area contributed by atoms with Crippen LogP contribution in [-0.2, 0) is 0 Å². The standard InChI is InChI=1S/C56H36N4S/c1-5-15-37(16-6-1)39-25-31-44(32-26-39)54-58-55(45-33-27-40(28-34-45)38-17-7-2-8-18-38)60-56(59-54)46-35-29-41(30-36-46)49-50-47-23-13-14-24-48(47)57-51(42-19-9-3-10-20-42)53(50)61-52(49)43-21-11-4-12-22-43/h1-36H. The Morgan fingerprint density at radius 3 is 1.11 bits per heavy atom. The van der Waals surface area contributed by atoms with Crippen molar-refractivity contribution in [3.05, 3.63) is 218 Å². The Bertz CT molecular complexity index is 3190. The number of benzene rings is 8. The Hall–Kier alpha value is -7.86. The Kier molecular flexibility index (Phi) is 9.34. The van der Waals surface area contributed by atoms with Crippen molar-refractivity contribution in [1.82, 2.24) is 19.9 Å². The van der Waals surface area contributed by atoms with Crippen molar-refractivity contribution < 1.29 is 0 Å². The fourth-order valence-electron chi connectivity index (χ4n) is 8.10. The number of rotatable bonds is 8. The molecule has 0 spiro atoms. The molecule has 0 fully saturated rings. The second-order valence-electron chi connectivity index (χ2n) is 15.0. The van der Waals surface area contributed by atoms with Gasteiger partial charge in [0.25, 0.3) is 0 Å². The lowest BCUT2D eigenvalue weighted by atomic mass is 9.95. The summed E-state index contributed by atoms with van der Waals surface area (Å²) in [7, 11) is 0. The van der Waals surface area contributed by atoms with Crippen LogP contribution in [0.5, 0.6) is 0 Å². The number of nitrogens with zero attached hydrogens (tertiary/aromatic N) is 4. The Balaban J connectivity index is 1.05. The number of hydrogen-bond acceptors (Lipinski definition) is 5. The molecule has 3 aromatic heterocycles. The predicted octanol–water partition coefficient (Wildman–Crippen LogP) is 15.0. The SMILES string of the molecule is c1ccc(-c2ccc(-c3nc(-c4ccc(-c5ccccc5)cc4)nc(-c4ccc(-c5c(-c6ccccc6)sc6c(-c7ccccc7)nc7ccccc7c56)cc4)n3)cc2)cc1. The van der Waals surface area contributed by atoms with E-state index in [1.54, 1.807) is 0 Å². The van der Waals surface area contributed by atoms with Crippen molar-refractivity contribution in [2.45, 2.75) is 0 Å². The molecule has 0 aliphatic carbocycles. The smallest absolute Gasteiger partial charge is 0.164 e. The molecule has 4 nitrogen and oxygen atoms in total. The molecule has 5 heteroatoms. The van der Waals surface area contributed by atoms with Gasteiger partial charge in [0.1, 0.15) is 0 Å². The fourth-order valence-corrected chi connectivity index (χ4v) is 9.46. The first-order valence-electron chi connectivity index (χ1n) is 20.4. The zero-order valence-electron chi connectivity index (χ0n) is 33.0. The first-order chi connectivity index (χ1) is 30.2. The number of pyridine rings is 1. The summed E-state index contributed by atoms with van der Waals surface area (Å²) in [6, 6.07) is 76.2. The highest BCUT2D eigenvalue weighted by molar-refractivity contribution is 7.23. The first-order valence-corrected chi connectivity index (χ1v) is 21.2. The molecule has 0 radical (unpaired) electrons. The maximum atomic E-state index is 5.26. The van der Waals surface area contributed by atoms with Gasteiger partial charge >= 0.3 is 0 Å². The fraction of sp³-hybridized carbons (Fsp3) is 0. The summed E-state index contributed by atoms with van der Waals surface area (Å²) in [5.41, 5.74) is 13.9. The van der Waals surface area contributed by atoms with Crippen LogP contribution in [0.3, 0.4) is 0 Å². The highest BCUT2D eigenvalue weighted by atomic mass is 32.1. The molecule has 11 rings (SSSR count). The molecular formula is C56H36N4S. The minimum atomic E-state index is 0.616. The van der Waals surface area contributed by atoms with Crippen molar-refractivity contribution in [3.8, 4) is 89.2 Å². The van der Waals surface area contributed by atoms with Gasteiger partial charge in [-0.3, -0.25) is 0 Å². The Morgan fingerprint density at radius 2 is 0.639 bits per heavy atom. The zero-order valence-corrected chi connectivity index (χ0v) is 33.8. The van der Waals surface area contributed by atoms with Gasteiger partial charge in [-0.1, -0.05) is 212 Å². The molecule has 0 aliphatic rings. The van der Waals surface area contributed by atoms with Crippen LogP contribution in [0.1, 0.15) is 0 Å². The van der Waals surface area contributed by atoms with E-state index in [1.807, 2.05) is 23.5 Å². The minimum Gasteiger partial charge on any atom is -0.246 e. The van der Waals surface area contributed by atoms with Gasteiger partial charge in [-0.2, -0.15) is 0 Å². The van der Waals surface area contributed by atoms with E-state index >= 15 is 0 Å². The molecule has 0 aliphatic heterocycles. The molecule has 0 unspecified atom stereocenters. The second kappa shape index (κ2) is 15.7. The summed E-state index contributed by atoms with van der Waals surface area (Å²) in [5, 5.41) is 2.35. The Morgan fingerprint density at radius 1 is 0.279 bits per heavy atom. The van der Waals surface area contributed by atoms with Crippen LogP contribution in [0.15, 0.2) is 218 Å². The third kappa shape index (κ3) is 6.97. The van der Waals surface area contributed by atoms with E-state index < -0.39 is 0 Å². The molecule has 8 aromatic carbocycles. The summed E-state index contributed by atoms with van der Waals surface area (Å²) >= 11 is 1.81. The van der Waals surface area contributed by atoms with Crippen LogP contribution < -0.4 is 0 Å². The Labute approximate surface area is 358 Å². The molecular weight excluding hydrogens is 761 g/mol. The van der Waals surface area contributed by atoms with E-state index in [-0.39, 0.29) is 0 Å². The quantitative estimate of drug-likeness (QED) is 0.154. The molecule has 286 valence electrons. The third-order valence-corrected chi connectivity index (χ3v) is 12.4. The van der Waals surface area contributed by atoms with Gasteiger partial charge in [0.2, 0.25) is 0 Å². The van der Waals surface area contributed by atoms with E-state index in [1.165, 1.54) is 37.2 Å². The van der Waals surface area contributed by atoms with Gasteiger partial charge in [-0.05, 0) is 39.4 Å². The summed E-state index contributed by atoms with van der Waals surface area (Å²) in [4.78, 5) is 21.8. The molecule has 0 saturated heterocycles. The predicted molar refractivity (Wildman–Crippen MR) is 254 cm³/mol. The highest BCUT2D eigenvalue weighted by Gasteiger charge is 2.22. The van der Waals surface area contributed by atoms with Gasteiger partial charge < -0.3 is 0 Å². The highest BCUT2D eigenvalue weighted by Crippen LogP contribution is 2.50. The molecule has 0 N–H and O–H groups in total. The van der Waals surface area contributed by atoms with Crippen molar-refractivity contribution in [3.63, 3.8) is 0 Å². The lowest BCUT2D eigenvalue weighted by molar-refractivity contribution is 1.07. The second-order valence-corrected chi connectivity index (χ2v) is 16.0. The van der Waals surface area contributed by atoms with E-state index in [2.05, 4.69) is 206 Å². The van der Waals surface area contributed by atoms with E-state index in [0.29, 0.717) is 17.5 Å². The molecule has 0 bridgehead atoms. The van der Waals surface area contributed by atoms with Crippen LogP contribution in [0.4, 0.5) is 0 Å². The average Bonchev–Trinajstić information content (AvgIpc) is 3.76. The summed E-state index contributed by atoms with van der Waals surface area (Å²) in [6.45, 7) is 0. The molecule has 3 heterocycles. The molecule has 11 aromatic rings.